The van der Waals surface area contributed by atoms with Gasteiger partial charge in [-0.1, -0.05) is 24.3 Å². The van der Waals surface area contributed by atoms with E-state index in [4.69, 9.17) is 0 Å². The van der Waals surface area contributed by atoms with Gasteiger partial charge in [0.2, 0.25) is 11.4 Å². The van der Waals surface area contributed by atoms with Crippen LogP contribution >= 0.6 is 0 Å². The average Bonchev–Trinajstić information content (AvgIpc) is 2.79. The van der Waals surface area contributed by atoms with Gasteiger partial charge in [-0.3, -0.25) is 0 Å². The van der Waals surface area contributed by atoms with Gasteiger partial charge in [0.05, 0.1) is 6.61 Å². The van der Waals surface area contributed by atoms with Crippen molar-refractivity contribution in [2.45, 2.75) is 18.4 Å². The van der Waals surface area contributed by atoms with E-state index >= 15 is 0 Å². The molecule has 1 aromatic rings. The van der Waals surface area contributed by atoms with Crippen molar-refractivity contribution in [3.8, 4) is 0 Å². The number of rotatable bonds is 2. The Morgan fingerprint density at radius 3 is 2.73 bits per heavy atom. The first-order valence-corrected chi connectivity index (χ1v) is 6.58. The van der Waals surface area contributed by atoms with Crippen molar-refractivity contribution in [3.05, 3.63) is 35.4 Å². The minimum Gasteiger partial charge on any atom is -0.449 e. The van der Waals surface area contributed by atoms with Crippen molar-refractivity contribution < 1.29 is 24.5 Å². The van der Waals surface area contributed by atoms with E-state index in [0.29, 0.717) is 5.56 Å². The van der Waals surface area contributed by atoms with E-state index in [1.807, 2.05) is 0 Å². The van der Waals surface area contributed by atoms with Crippen LogP contribution in [-0.2, 0) is 10.5 Å². The van der Waals surface area contributed by atoms with Gasteiger partial charge in [0, 0.05) is 11.1 Å². The molecule has 3 amide bonds. The van der Waals surface area contributed by atoms with Crippen molar-refractivity contribution in [3.63, 3.8) is 0 Å². The summed E-state index contributed by atoms with van der Waals surface area (Å²) in [5, 5.41) is 29.7. The summed E-state index contributed by atoms with van der Waals surface area (Å²) in [5.41, 5.74) is -1.61. The van der Waals surface area contributed by atoms with Crippen molar-refractivity contribution >= 4 is 17.8 Å². The number of ether oxygens (including phenoxy) is 1. The molecule has 1 saturated heterocycles. The third-order valence-corrected chi connectivity index (χ3v) is 3.56. The van der Waals surface area contributed by atoms with Crippen molar-refractivity contribution in [2.24, 2.45) is 5.10 Å². The molecule has 2 unspecified atom stereocenters. The maximum atomic E-state index is 11.6. The fourth-order valence-corrected chi connectivity index (χ4v) is 2.64. The van der Waals surface area contributed by atoms with Gasteiger partial charge in [0.1, 0.15) is 5.71 Å². The number of hydrogen-bond donors (Lipinski definition) is 5. The zero-order valence-electron chi connectivity index (χ0n) is 11.6. The molecule has 2 atom stereocenters. The molecule has 116 valence electrons. The van der Waals surface area contributed by atoms with Gasteiger partial charge in [-0.25, -0.2) is 15.0 Å². The molecule has 1 aliphatic carbocycles. The van der Waals surface area contributed by atoms with Crippen LogP contribution in [0.4, 0.5) is 9.59 Å². The highest BCUT2D eigenvalue weighted by Crippen LogP contribution is 2.43. The molecule has 5 N–H and O–H groups in total. The molecule has 0 aromatic heterocycles. The summed E-state index contributed by atoms with van der Waals surface area (Å²) in [6, 6.07) is 5.70. The third-order valence-electron chi connectivity index (χ3n) is 3.56. The van der Waals surface area contributed by atoms with Crippen molar-refractivity contribution in [2.75, 3.05) is 6.61 Å². The Morgan fingerprint density at radius 2 is 2.00 bits per heavy atom. The first-order valence-electron chi connectivity index (χ1n) is 6.58. The quantitative estimate of drug-likeness (QED) is 0.461. The molecule has 22 heavy (non-hydrogen) atoms. The zero-order valence-corrected chi connectivity index (χ0v) is 11.6. The van der Waals surface area contributed by atoms with Crippen molar-refractivity contribution in [1.29, 1.82) is 0 Å². The number of urea groups is 1. The van der Waals surface area contributed by atoms with Crippen LogP contribution in [0.25, 0.3) is 0 Å². The Hall–Kier alpha value is -2.65. The van der Waals surface area contributed by atoms with Crippen LogP contribution in [0.15, 0.2) is 29.4 Å². The fourth-order valence-electron chi connectivity index (χ4n) is 2.64. The number of fused-ring (bicyclic) bond motifs is 3. The molecule has 1 fully saturated rings. The maximum absolute atomic E-state index is 11.6. The molecule has 3 rings (SSSR count). The van der Waals surface area contributed by atoms with Crippen LogP contribution in [0.3, 0.4) is 0 Å². The SMILES string of the molecule is CCOC(=O)N/N=C1\c2ccccc2C2(O)NC(=O)NC12O. The van der Waals surface area contributed by atoms with E-state index in [1.54, 1.807) is 31.2 Å². The maximum Gasteiger partial charge on any atom is 0.427 e. The topological polar surface area (TPSA) is 132 Å². The summed E-state index contributed by atoms with van der Waals surface area (Å²) in [4.78, 5) is 22.9. The first-order chi connectivity index (χ1) is 10.4. The van der Waals surface area contributed by atoms with Gasteiger partial charge >= 0.3 is 12.1 Å². The number of amides is 3. The predicted octanol–water partition coefficient (Wildman–Crippen LogP) is -0.703. The summed E-state index contributed by atoms with van der Waals surface area (Å²) >= 11 is 0. The second kappa shape index (κ2) is 4.68. The zero-order chi connectivity index (χ0) is 16.0. The number of nitrogens with one attached hydrogen (secondary N) is 3. The number of benzene rings is 1. The average molecular weight is 306 g/mol. The molecule has 1 heterocycles. The highest BCUT2D eigenvalue weighted by atomic mass is 16.5. The van der Waals surface area contributed by atoms with E-state index in [2.05, 4.69) is 25.9 Å². The van der Waals surface area contributed by atoms with Gasteiger partial charge in [-0.15, -0.1) is 0 Å². The highest BCUT2D eigenvalue weighted by Gasteiger charge is 2.67. The van der Waals surface area contributed by atoms with Gasteiger partial charge in [-0.05, 0) is 6.92 Å². The number of aliphatic hydroxyl groups is 2. The van der Waals surface area contributed by atoms with E-state index in [0.717, 1.165) is 0 Å². The predicted molar refractivity (Wildman–Crippen MR) is 73.7 cm³/mol. The number of hydrogen-bond acceptors (Lipinski definition) is 6. The Balaban J connectivity index is 2.07. The smallest absolute Gasteiger partial charge is 0.427 e. The largest absolute Gasteiger partial charge is 0.449 e. The molecule has 1 aliphatic heterocycles. The Labute approximate surface area is 125 Å². The van der Waals surface area contributed by atoms with E-state index in [9.17, 15) is 19.8 Å². The lowest BCUT2D eigenvalue weighted by molar-refractivity contribution is -0.110. The Morgan fingerprint density at radius 1 is 1.32 bits per heavy atom. The van der Waals surface area contributed by atoms with Gasteiger partial charge < -0.3 is 25.6 Å². The van der Waals surface area contributed by atoms with Gasteiger partial charge in [0.15, 0.2) is 0 Å². The fraction of sp³-hybridized carbons (Fsp3) is 0.308. The molecule has 9 heteroatoms. The molecule has 1 aromatic carbocycles. The Kier molecular flexibility index (Phi) is 3.04. The third kappa shape index (κ3) is 1.76. The molecule has 0 spiro atoms. The van der Waals surface area contributed by atoms with E-state index < -0.39 is 23.6 Å². The van der Waals surface area contributed by atoms with Gasteiger partial charge in [-0.2, -0.15) is 5.10 Å². The second-order valence-electron chi connectivity index (χ2n) is 4.84. The van der Waals surface area contributed by atoms with Crippen molar-refractivity contribution in [1.82, 2.24) is 16.1 Å². The monoisotopic (exact) mass is 306 g/mol. The summed E-state index contributed by atoms with van der Waals surface area (Å²) < 4.78 is 4.68. The number of nitrogens with zero attached hydrogens (tertiary/aromatic N) is 1. The second-order valence-corrected chi connectivity index (χ2v) is 4.84. The minimum absolute atomic E-state index is 0.1000. The molecular weight excluding hydrogens is 292 g/mol. The first kappa shape index (κ1) is 14.3. The van der Waals surface area contributed by atoms with Crippen LogP contribution in [0.5, 0.6) is 0 Å². The number of carbonyl (C=O) groups excluding carboxylic acids is 2. The standard InChI is InChI=1S/C13H14N4O5/c1-2-22-11(19)17-16-9-7-5-3-4-6-8(7)12(20)13(9,21)15-10(18)14-12/h3-6,20-21H,2H2,1H3,(H,17,19)(H2,14,15,18)/b16-9+. The highest BCUT2D eigenvalue weighted by molar-refractivity contribution is 6.14. The molecule has 2 aliphatic rings. The molecule has 0 bridgehead atoms. The summed E-state index contributed by atoms with van der Waals surface area (Å²) in [7, 11) is 0. The molecule has 0 saturated carbocycles. The molecule has 0 radical (unpaired) electrons. The summed E-state index contributed by atoms with van der Waals surface area (Å²) in [6.45, 7) is 1.78. The number of hydrazone groups is 1. The lowest BCUT2D eigenvalue weighted by Crippen LogP contribution is -2.58. The summed E-state index contributed by atoms with van der Waals surface area (Å²) in [5.74, 6) is 0. The van der Waals surface area contributed by atoms with Crippen LogP contribution in [-0.4, -0.2) is 40.4 Å². The van der Waals surface area contributed by atoms with Gasteiger partial charge in [0.25, 0.3) is 0 Å². The summed E-state index contributed by atoms with van der Waals surface area (Å²) in [6.07, 6.45) is -0.816. The normalized spacial score (nSPS) is 30.3. The van der Waals surface area contributed by atoms with Crippen LogP contribution < -0.4 is 16.1 Å². The lowest BCUT2D eigenvalue weighted by Gasteiger charge is -2.29. The lowest BCUT2D eigenvalue weighted by atomic mass is 10.0. The Bertz CT molecular complexity index is 691. The minimum atomic E-state index is -2.20. The molecule has 9 nitrogen and oxygen atoms in total. The van der Waals surface area contributed by atoms with Crippen LogP contribution in [0.2, 0.25) is 0 Å². The van der Waals surface area contributed by atoms with Crippen LogP contribution in [0, 0.1) is 0 Å². The van der Waals surface area contributed by atoms with E-state index in [1.165, 1.54) is 0 Å². The van der Waals surface area contributed by atoms with E-state index in [-0.39, 0.29) is 17.9 Å². The van der Waals surface area contributed by atoms with Crippen LogP contribution in [0.1, 0.15) is 18.1 Å². The molecular formula is C13H14N4O5. The number of carbonyl (C=O) groups is 2.